The molecule has 21 heavy (non-hydrogen) atoms. The van der Waals surface area contributed by atoms with Gasteiger partial charge in [0.2, 0.25) is 0 Å². The molecule has 1 N–H and O–H groups in total. The van der Waals surface area contributed by atoms with Crippen LogP contribution < -0.4 is 5.32 Å². The number of rotatable bonds is 5. The minimum Gasteiger partial charge on any atom is -0.449 e. The van der Waals surface area contributed by atoms with Crippen LogP contribution >= 0.6 is 11.6 Å². The van der Waals surface area contributed by atoms with E-state index in [1.54, 1.807) is 0 Å². The van der Waals surface area contributed by atoms with Gasteiger partial charge in [-0.05, 0) is 31.9 Å². The summed E-state index contributed by atoms with van der Waals surface area (Å²) in [4.78, 5) is 33.9. The van der Waals surface area contributed by atoms with E-state index in [-0.39, 0.29) is 16.6 Å². The molecule has 0 unspecified atom stereocenters. The molecule has 1 saturated carbocycles. The number of esters is 1. The predicted molar refractivity (Wildman–Crippen MR) is 74.1 cm³/mol. The molecule has 7 nitrogen and oxygen atoms in total. The van der Waals surface area contributed by atoms with Crippen molar-refractivity contribution in [3.8, 4) is 0 Å². The highest BCUT2D eigenvalue weighted by atomic mass is 35.5. The Kier molecular flexibility index (Phi) is 4.42. The van der Waals surface area contributed by atoms with E-state index in [0.29, 0.717) is 0 Å². The van der Waals surface area contributed by atoms with Gasteiger partial charge in [0.25, 0.3) is 11.6 Å². The third-order valence-corrected chi connectivity index (χ3v) is 3.19. The van der Waals surface area contributed by atoms with Gasteiger partial charge in [-0.1, -0.05) is 11.6 Å². The molecule has 0 radical (unpaired) electrons. The quantitative estimate of drug-likeness (QED) is 0.510. The second-order valence-corrected chi connectivity index (χ2v) is 5.19. The van der Waals surface area contributed by atoms with Crippen LogP contribution in [0.5, 0.6) is 0 Å². The van der Waals surface area contributed by atoms with E-state index < -0.39 is 28.6 Å². The van der Waals surface area contributed by atoms with Gasteiger partial charge < -0.3 is 10.1 Å². The molecule has 1 aromatic carbocycles. The average Bonchev–Trinajstić information content (AvgIpc) is 3.21. The number of benzene rings is 1. The third-order valence-electron chi connectivity index (χ3n) is 2.95. The van der Waals surface area contributed by atoms with E-state index in [0.717, 1.165) is 25.0 Å². The number of carbonyl (C=O) groups excluding carboxylic acids is 2. The molecular weight excluding hydrogens is 300 g/mol. The van der Waals surface area contributed by atoms with E-state index in [9.17, 15) is 19.7 Å². The van der Waals surface area contributed by atoms with Crippen LogP contribution in [0.15, 0.2) is 18.2 Å². The van der Waals surface area contributed by atoms with Crippen molar-refractivity contribution < 1.29 is 19.2 Å². The lowest BCUT2D eigenvalue weighted by molar-refractivity contribution is -0.385. The molecule has 1 amide bonds. The van der Waals surface area contributed by atoms with Crippen LogP contribution in [0.4, 0.5) is 5.69 Å². The fraction of sp³-hybridized carbons (Fsp3) is 0.385. The summed E-state index contributed by atoms with van der Waals surface area (Å²) in [6, 6.07) is 3.71. The molecule has 0 aromatic heterocycles. The Morgan fingerprint density at radius 1 is 1.48 bits per heavy atom. The molecule has 1 atom stereocenters. The van der Waals surface area contributed by atoms with E-state index in [4.69, 9.17) is 16.3 Å². The smallest absolute Gasteiger partial charge is 0.345 e. The SMILES string of the molecule is C[C@H](OC(=O)c1cc(Cl)ccc1[N+](=O)[O-])C(=O)NC1CC1. The number of halogens is 1. The molecule has 112 valence electrons. The molecule has 1 aliphatic rings. The monoisotopic (exact) mass is 312 g/mol. The first-order valence-corrected chi connectivity index (χ1v) is 6.71. The van der Waals surface area contributed by atoms with Crippen LogP contribution in [0.25, 0.3) is 0 Å². The average molecular weight is 313 g/mol. The molecule has 0 heterocycles. The predicted octanol–water partition coefficient (Wildman–Crippen LogP) is 2.07. The minimum absolute atomic E-state index is 0.138. The summed E-state index contributed by atoms with van der Waals surface area (Å²) in [5.41, 5.74) is -0.697. The maximum Gasteiger partial charge on any atom is 0.345 e. The van der Waals surface area contributed by atoms with Crippen LogP contribution in [0.2, 0.25) is 5.02 Å². The fourth-order valence-electron chi connectivity index (χ4n) is 1.65. The highest BCUT2D eigenvalue weighted by Crippen LogP contribution is 2.24. The molecule has 0 bridgehead atoms. The van der Waals surface area contributed by atoms with Gasteiger partial charge in [0, 0.05) is 17.1 Å². The molecule has 1 fully saturated rings. The number of carbonyl (C=O) groups is 2. The number of nitrogens with zero attached hydrogens (tertiary/aromatic N) is 1. The number of nitro benzene ring substituents is 1. The summed E-state index contributed by atoms with van der Waals surface area (Å²) in [5.74, 6) is -1.38. The van der Waals surface area contributed by atoms with E-state index >= 15 is 0 Å². The van der Waals surface area contributed by atoms with Gasteiger partial charge in [0.05, 0.1) is 4.92 Å². The van der Waals surface area contributed by atoms with Crippen molar-refractivity contribution in [1.29, 1.82) is 0 Å². The van der Waals surface area contributed by atoms with Crippen LogP contribution in [-0.4, -0.2) is 28.9 Å². The standard InChI is InChI=1S/C13H13ClN2O5/c1-7(12(17)15-9-3-4-9)21-13(18)10-6-8(14)2-5-11(10)16(19)20/h2,5-7,9H,3-4H2,1H3,(H,15,17)/t7-/m0/s1. The summed E-state index contributed by atoms with van der Waals surface area (Å²) >= 11 is 5.73. The Bertz CT molecular complexity index is 600. The highest BCUT2D eigenvalue weighted by Gasteiger charge is 2.29. The fourth-order valence-corrected chi connectivity index (χ4v) is 1.83. The topological polar surface area (TPSA) is 98.5 Å². The lowest BCUT2D eigenvalue weighted by Gasteiger charge is -2.13. The van der Waals surface area contributed by atoms with Crippen molar-refractivity contribution >= 4 is 29.2 Å². The normalized spacial score (nSPS) is 15.1. The number of nitrogens with one attached hydrogen (secondary N) is 1. The zero-order valence-electron chi connectivity index (χ0n) is 11.2. The van der Waals surface area contributed by atoms with E-state index in [2.05, 4.69) is 5.32 Å². The molecular formula is C13H13ClN2O5. The summed E-state index contributed by atoms with van der Waals surface area (Å²) in [7, 11) is 0. The van der Waals surface area contributed by atoms with E-state index in [1.165, 1.54) is 13.0 Å². The largest absolute Gasteiger partial charge is 0.449 e. The van der Waals surface area contributed by atoms with Gasteiger partial charge >= 0.3 is 5.97 Å². The first-order valence-electron chi connectivity index (χ1n) is 6.34. The first kappa shape index (κ1) is 15.2. The zero-order chi connectivity index (χ0) is 15.6. The third kappa shape index (κ3) is 3.91. The zero-order valence-corrected chi connectivity index (χ0v) is 11.9. The number of hydrogen-bond acceptors (Lipinski definition) is 5. The van der Waals surface area contributed by atoms with Gasteiger partial charge in [-0.2, -0.15) is 0 Å². The van der Waals surface area contributed by atoms with Crippen molar-refractivity contribution in [1.82, 2.24) is 5.32 Å². The van der Waals surface area contributed by atoms with Crippen molar-refractivity contribution in [3.05, 3.63) is 38.9 Å². The summed E-state index contributed by atoms with van der Waals surface area (Å²) < 4.78 is 4.96. The lowest BCUT2D eigenvalue weighted by Crippen LogP contribution is -2.37. The Hall–Kier alpha value is -2.15. The van der Waals surface area contributed by atoms with Gasteiger partial charge in [-0.3, -0.25) is 14.9 Å². The molecule has 0 saturated heterocycles. The Morgan fingerprint density at radius 2 is 2.14 bits per heavy atom. The van der Waals surface area contributed by atoms with Gasteiger partial charge in [-0.25, -0.2) is 4.79 Å². The summed E-state index contributed by atoms with van der Waals surface area (Å²) in [5, 5.41) is 13.7. The number of amides is 1. The van der Waals surface area contributed by atoms with Crippen molar-refractivity contribution in [2.75, 3.05) is 0 Å². The van der Waals surface area contributed by atoms with Crippen LogP contribution in [0.1, 0.15) is 30.1 Å². The Balaban J connectivity index is 2.10. The molecule has 2 rings (SSSR count). The van der Waals surface area contributed by atoms with Crippen LogP contribution in [0, 0.1) is 10.1 Å². The van der Waals surface area contributed by atoms with Crippen LogP contribution in [0.3, 0.4) is 0 Å². The van der Waals surface area contributed by atoms with Gasteiger partial charge in [0.1, 0.15) is 5.56 Å². The van der Waals surface area contributed by atoms with Crippen molar-refractivity contribution in [2.24, 2.45) is 0 Å². The second kappa shape index (κ2) is 6.09. The van der Waals surface area contributed by atoms with Gasteiger partial charge in [0.15, 0.2) is 6.10 Å². The van der Waals surface area contributed by atoms with Gasteiger partial charge in [-0.15, -0.1) is 0 Å². The van der Waals surface area contributed by atoms with Crippen molar-refractivity contribution in [3.63, 3.8) is 0 Å². The van der Waals surface area contributed by atoms with Crippen molar-refractivity contribution in [2.45, 2.75) is 31.9 Å². The second-order valence-electron chi connectivity index (χ2n) is 4.75. The highest BCUT2D eigenvalue weighted by molar-refractivity contribution is 6.31. The lowest BCUT2D eigenvalue weighted by atomic mass is 10.2. The first-order chi connectivity index (χ1) is 9.88. The van der Waals surface area contributed by atoms with E-state index in [1.807, 2.05) is 0 Å². The molecule has 8 heteroatoms. The summed E-state index contributed by atoms with van der Waals surface area (Å²) in [6.45, 7) is 1.41. The molecule has 1 aliphatic carbocycles. The maximum atomic E-state index is 12.0. The number of hydrogen-bond donors (Lipinski definition) is 1. The Morgan fingerprint density at radius 3 is 2.71 bits per heavy atom. The maximum absolute atomic E-state index is 12.0. The number of ether oxygens (including phenoxy) is 1. The number of nitro groups is 1. The summed E-state index contributed by atoms with van der Waals surface area (Å²) in [6.07, 6.45) is 0.787. The Labute approximate surface area is 125 Å². The molecule has 1 aromatic rings. The minimum atomic E-state index is -1.03. The molecule has 0 aliphatic heterocycles. The van der Waals surface area contributed by atoms with Crippen LogP contribution in [-0.2, 0) is 9.53 Å². The molecule has 0 spiro atoms.